The zero-order chi connectivity index (χ0) is 63.4. The van der Waals surface area contributed by atoms with Gasteiger partial charge in [0.05, 0.1) is 11.5 Å². The molecule has 0 amide bonds. The van der Waals surface area contributed by atoms with Gasteiger partial charge in [0, 0.05) is 67.8 Å². The molecule has 0 aliphatic heterocycles. The van der Waals surface area contributed by atoms with Gasteiger partial charge in [0.1, 0.15) is 22.8 Å². The fourth-order valence-electron chi connectivity index (χ4n) is 14.2. The Balaban J connectivity index is 0.00000137. The quantitative estimate of drug-likeness (QED) is 0.0791. The molecule has 2 aliphatic rings. The molecule has 0 saturated heterocycles. The summed E-state index contributed by atoms with van der Waals surface area (Å²) in [5, 5.41) is 33.5. The fraction of sp³-hybridized carbons (Fsp3) is 0.275. The highest BCUT2D eigenvalue weighted by Crippen LogP contribution is 2.56. The third-order valence-corrected chi connectivity index (χ3v) is 19.6. The number of aryl methyl sites for hydroxylation is 2. The smallest absolute Gasteiger partial charge is 0.188 e. The Hall–Kier alpha value is -8.66. The lowest BCUT2D eigenvalue weighted by Crippen LogP contribution is -2.49. The second-order valence-corrected chi connectivity index (χ2v) is 24.3. The van der Waals surface area contributed by atoms with Crippen LogP contribution >= 0.6 is 0 Å². The Labute approximate surface area is 533 Å². The number of hydrogen-bond donors (Lipinski definition) is 2. The van der Waals surface area contributed by atoms with E-state index in [2.05, 4.69) is 140 Å². The predicted octanol–water partition coefficient (Wildman–Crippen LogP) is 21.5. The molecule has 3 unspecified atom stereocenters. The van der Waals surface area contributed by atoms with E-state index in [4.69, 9.17) is 18.9 Å². The van der Waals surface area contributed by atoms with Gasteiger partial charge >= 0.3 is 0 Å². The highest BCUT2D eigenvalue weighted by Gasteiger charge is 2.55. The molecule has 0 saturated carbocycles. The van der Waals surface area contributed by atoms with E-state index in [1.54, 1.807) is 14.2 Å². The average molecular weight is 1190 g/mol. The molecule has 12 rings (SSSR count). The van der Waals surface area contributed by atoms with Crippen molar-refractivity contribution in [2.24, 2.45) is 11.8 Å². The lowest BCUT2D eigenvalue weighted by Gasteiger charge is -2.47. The average Bonchev–Trinajstić information content (AvgIpc) is 0.705. The fourth-order valence-corrected chi connectivity index (χ4v) is 14.2. The van der Waals surface area contributed by atoms with Gasteiger partial charge in [0.2, 0.25) is 0 Å². The first-order valence-corrected chi connectivity index (χ1v) is 30.3. The number of phenolic OH excluding ortho intramolecular Hbond substituents is 1. The number of rotatable bonds is 10. The highest BCUT2D eigenvalue weighted by molar-refractivity contribution is 6.17. The van der Waals surface area contributed by atoms with Crippen molar-refractivity contribution in [1.29, 1.82) is 0 Å². The van der Waals surface area contributed by atoms with E-state index < -0.39 is 17.4 Å². The van der Waals surface area contributed by atoms with E-state index in [9.17, 15) is 19.8 Å². The molecule has 2 N–H and O–H groups in total. The van der Waals surface area contributed by atoms with Crippen LogP contribution in [0.3, 0.4) is 0 Å². The lowest BCUT2D eigenvalue weighted by molar-refractivity contribution is -0.00144. The first-order chi connectivity index (χ1) is 42.0. The molecular formula is C80H102O8. The second kappa shape index (κ2) is 24.8. The van der Waals surface area contributed by atoms with E-state index in [0.717, 1.165) is 94.1 Å². The van der Waals surface area contributed by atoms with Crippen LogP contribution in [0.15, 0.2) is 145 Å². The molecule has 8 heteroatoms. The summed E-state index contributed by atoms with van der Waals surface area (Å²) < 4.78 is 22.8. The summed E-state index contributed by atoms with van der Waals surface area (Å²) in [6, 6.07) is 41.6. The van der Waals surface area contributed by atoms with Crippen LogP contribution in [0.1, 0.15) is 132 Å². The first-order valence-electron chi connectivity index (χ1n) is 30.3. The van der Waals surface area contributed by atoms with Crippen LogP contribution in [0.5, 0.6) is 17.2 Å². The van der Waals surface area contributed by atoms with Crippen LogP contribution in [0.25, 0.3) is 65.3 Å². The molecule has 0 bridgehead atoms. The molecule has 0 heterocycles. The third kappa shape index (κ3) is 10.4. The zero-order valence-corrected chi connectivity index (χ0v) is 54.2. The van der Waals surface area contributed by atoms with Crippen LogP contribution < -0.4 is 9.47 Å². The van der Waals surface area contributed by atoms with Gasteiger partial charge in [-0.1, -0.05) is 133 Å². The van der Waals surface area contributed by atoms with Gasteiger partial charge in [0.25, 0.3) is 0 Å². The Kier molecular flexibility index (Phi) is 17.6. The molecule has 0 spiro atoms. The number of phenols is 1. The van der Waals surface area contributed by atoms with Crippen LogP contribution in [-0.2, 0) is 15.1 Å². The molecule has 470 valence electrons. The van der Waals surface area contributed by atoms with Crippen molar-refractivity contribution < 1.29 is 53.0 Å². The van der Waals surface area contributed by atoms with Gasteiger partial charge in [-0.25, -0.2) is 0 Å². The summed E-state index contributed by atoms with van der Waals surface area (Å²) in [4.78, 5) is 25.8. The number of aromatic hydroxyl groups is 1. The summed E-state index contributed by atoms with van der Waals surface area (Å²) in [6.07, 6.45) is 5.83. The van der Waals surface area contributed by atoms with Gasteiger partial charge < -0.3 is 29.2 Å². The Morgan fingerprint density at radius 1 is 0.511 bits per heavy atom. The van der Waals surface area contributed by atoms with E-state index in [-0.39, 0.29) is 45.2 Å². The Morgan fingerprint density at radius 2 is 0.966 bits per heavy atom. The molecule has 3 atom stereocenters. The number of benzene rings is 10. The molecule has 10 aromatic carbocycles. The van der Waals surface area contributed by atoms with E-state index in [1.807, 2.05) is 96.2 Å². The van der Waals surface area contributed by atoms with Crippen molar-refractivity contribution in [3.8, 4) is 39.5 Å². The standard InChI is InChI=1S/C27H30O4.C27H28O2.C26H24O2.10H2/c1-15-10-9-12-21-23(15)27(29,22-13-8-7-11-20(22)25(21)28)24-18(4)16(2)17(3)19(5)26(24)31-14-30-6;1-16-10-9-12-22-14-21-11-7-8-13-23(21)26(24(16)22)25-19(4)17(2)18(3)20(5)27(25)29-15-28-6;1-14-9-8-11-20-13-19-10-6-7-12-21(19)25(22(14)20)24-17(4)15(2)16(3)23(18(5)27)26(24)28;;;;;;;;;;/h7-13,21,23,29H,14H2,1-6H3;7-14H,15H2,1-6H3;6-13,28H,1-5H3;10*1H. The topological polar surface area (TPSA) is 112 Å². The largest absolute Gasteiger partial charge is 0.507 e. The van der Waals surface area contributed by atoms with Crippen LogP contribution in [0.2, 0.25) is 0 Å². The maximum Gasteiger partial charge on any atom is 0.188 e. The number of hydrogen-bond acceptors (Lipinski definition) is 8. The summed E-state index contributed by atoms with van der Waals surface area (Å²) in [7, 11) is 3.25. The molecule has 0 aromatic heterocycles. The van der Waals surface area contributed by atoms with Gasteiger partial charge in [-0.15, -0.1) is 0 Å². The summed E-state index contributed by atoms with van der Waals surface area (Å²) >= 11 is 0. The second-order valence-electron chi connectivity index (χ2n) is 24.3. The van der Waals surface area contributed by atoms with Gasteiger partial charge in [-0.2, -0.15) is 0 Å². The van der Waals surface area contributed by atoms with Gasteiger partial charge in [-0.3, -0.25) is 9.59 Å². The number of ketones is 2. The third-order valence-electron chi connectivity index (χ3n) is 19.6. The summed E-state index contributed by atoms with van der Waals surface area (Å²) in [5.41, 5.74) is 20.7. The van der Waals surface area contributed by atoms with Crippen molar-refractivity contribution in [2.75, 3.05) is 27.8 Å². The number of methoxy groups -OCH3 is 2. The van der Waals surface area contributed by atoms with Crippen LogP contribution in [0, 0.1) is 102 Å². The number of allylic oxidation sites excluding steroid dienone is 3. The van der Waals surface area contributed by atoms with Crippen LogP contribution in [0.4, 0.5) is 0 Å². The molecule has 8 nitrogen and oxygen atoms in total. The number of carbonyl (C=O) groups is 2. The first kappa shape index (κ1) is 62.4. The summed E-state index contributed by atoms with van der Waals surface area (Å²) in [5.74, 6) is 0.746. The number of ether oxygens (including phenoxy) is 4. The number of aliphatic hydroxyl groups is 1. The minimum atomic E-state index is -1.42. The Bertz CT molecular complexity index is 4600. The minimum Gasteiger partial charge on any atom is -0.507 e. The van der Waals surface area contributed by atoms with E-state index in [1.165, 1.54) is 67.4 Å². The van der Waals surface area contributed by atoms with Crippen molar-refractivity contribution in [2.45, 2.75) is 109 Å². The minimum absolute atomic E-state index is 0. The molecular weight excluding hydrogens is 1090 g/mol. The van der Waals surface area contributed by atoms with Crippen molar-refractivity contribution in [3.63, 3.8) is 0 Å². The molecule has 88 heavy (non-hydrogen) atoms. The van der Waals surface area contributed by atoms with Gasteiger partial charge in [-0.05, 0) is 237 Å². The van der Waals surface area contributed by atoms with Crippen molar-refractivity contribution >= 4 is 54.7 Å². The molecule has 0 radical (unpaired) electrons. The Morgan fingerprint density at radius 3 is 1.52 bits per heavy atom. The predicted molar refractivity (Wildman–Crippen MR) is 383 cm³/mol. The van der Waals surface area contributed by atoms with E-state index in [0.29, 0.717) is 22.4 Å². The number of Topliss-reactive ketones (excluding diaryl/α,β-unsaturated/α-hetero) is 2. The lowest BCUT2D eigenvalue weighted by atomic mass is 9.58. The molecule has 2 aliphatic carbocycles. The van der Waals surface area contributed by atoms with Crippen molar-refractivity contribution in [1.82, 2.24) is 0 Å². The normalized spacial score (nSPS) is 16.0. The van der Waals surface area contributed by atoms with Crippen molar-refractivity contribution in [3.05, 3.63) is 240 Å². The highest BCUT2D eigenvalue weighted by atomic mass is 16.7. The summed E-state index contributed by atoms with van der Waals surface area (Å²) in [6.45, 7) is 31.0. The zero-order valence-electron chi connectivity index (χ0n) is 54.2. The monoisotopic (exact) mass is 1190 g/mol. The van der Waals surface area contributed by atoms with Crippen LogP contribution in [-0.4, -0.2) is 49.6 Å². The number of fused-ring (bicyclic) bond motifs is 6. The SMILES string of the molecule is CC(=O)c1c(C)c(C)c(C)c(-c2c3ccccc3cc3cccc(C)c23)c1O.COCOc1c(C)c(C)c(C)c(C)c1-c1c2ccccc2cc2cccc(C)c12.COCOc1c(C)c(C)c(C)c(C)c1C1(O)c2ccccc2C(=O)C2C=CC=C(C)C21.[HH].[HH].[HH].[HH].[HH].[HH].[HH].[HH].[HH].[HH]. The molecule has 0 fully saturated rings. The molecule has 10 aromatic rings. The number of carbonyl (C=O) groups excluding carboxylic acids is 2. The maximum absolute atomic E-state index is 13.4. The maximum atomic E-state index is 13.4. The van der Waals surface area contributed by atoms with Gasteiger partial charge in [0.15, 0.2) is 25.2 Å². The van der Waals surface area contributed by atoms with E-state index >= 15 is 0 Å².